The van der Waals surface area contributed by atoms with Gasteiger partial charge in [-0.2, -0.15) is 4.31 Å². The summed E-state index contributed by atoms with van der Waals surface area (Å²) in [6, 6.07) is 9.59. The molecule has 0 unspecified atom stereocenters. The number of furan rings is 1. The van der Waals surface area contributed by atoms with Crippen molar-refractivity contribution in [2.75, 3.05) is 13.1 Å². The molecule has 1 N–H and O–H groups in total. The molecule has 0 aliphatic carbocycles. The van der Waals surface area contributed by atoms with Crippen molar-refractivity contribution in [3.8, 4) is 0 Å². The number of amides is 1. The van der Waals surface area contributed by atoms with E-state index in [9.17, 15) is 13.2 Å². The van der Waals surface area contributed by atoms with Gasteiger partial charge in [0.2, 0.25) is 15.9 Å². The average molecular weight is 383 g/mol. The fourth-order valence-electron chi connectivity index (χ4n) is 2.86. The number of hydrogen-bond donors (Lipinski definition) is 1. The number of rotatable bonds is 5. The van der Waals surface area contributed by atoms with Gasteiger partial charge in [-0.1, -0.05) is 11.6 Å². The van der Waals surface area contributed by atoms with E-state index in [1.165, 1.54) is 16.4 Å². The molecule has 0 bridgehead atoms. The third-order valence-electron chi connectivity index (χ3n) is 4.22. The fraction of sp³-hybridized carbons (Fsp3) is 0.353. The Morgan fingerprint density at radius 2 is 2.04 bits per heavy atom. The normalized spacial score (nSPS) is 18.8. The van der Waals surface area contributed by atoms with Gasteiger partial charge in [0, 0.05) is 18.1 Å². The molecule has 3 rings (SSSR count). The fourth-order valence-corrected chi connectivity index (χ4v) is 4.51. The van der Waals surface area contributed by atoms with Crippen molar-refractivity contribution in [3.63, 3.8) is 0 Å². The zero-order valence-corrected chi connectivity index (χ0v) is 15.1. The molecule has 1 fully saturated rings. The summed E-state index contributed by atoms with van der Waals surface area (Å²) in [5.74, 6) is 0.132. The van der Waals surface area contributed by atoms with E-state index in [1.807, 2.05) is 0 Å². The van der Waals surface area contributed by atoms with Crippen LogP contribution in [0.2, 0.25) is 5.02 Å². The van der Waals surface area contributed by atoms with Gasteiger partial charge < -0.3 is 9.73 Å². The number of carbonyl (C=O) groups excluding carboxylic acids is 1. The average Bonchev–Trinajstić information content (AvgIpc) is 3.14. The molecular weight excluding hydrogens is 364 g/mol. The lowest BCUT2D eigenvalue weighted by molar-refractivity contribution is -0.126. The maximum Gasteiger partial charge on any atom is 0.243 e. The second-order valence-electron chi connectivity index (χ2n) is 5.95. The standard InChI is InChI=1S/C17H19ClN2O4S/c18-14-5-7-16(8-6-14)25(22,23)20-9-1-3-13(12-20)17(21)19-11-15-4-2-10-24-15/h2,4-8,10,13H,1,3,9,11-12H2,(H,19,21)/t13-/m1/s1. The molecule has 134 valence electrons. The largest absolute Gasteiger partial charge is 0.467 e. The van der Waals surface area contributed by atoms with Crippen LogP contribution in [0.5, 0.6) is 0 Å². The van der Waals surface area contributed by atoms with E-state index in [0.717, 1.165) is 0 Å². The number of sulfonamides is 1. The minimum absolute atomic E-state index is 0.160. The number of halogens is 1. The minimum Gasteiger partial charge on any atom is -0.467 e. The molecule has 0 radical (unpaired) electrons. The Hall–Kier alpha value is -1.83. The maximum absolute atomic E-state index is 12.7. The van der Waals surface area contributed by atoms with E-state index >= 15 is 0 Å². The molecule has 25 heavy (non-hydrogen) atoms. The van der Waals surface area contributed by atoms with E-state index in [4.69, 9.17) is 16.0 Å². The first-order valence-electron chi connectivity index (χ1n) is 8.02. The zero-order valence-electron chi connectivity index (χ0n) is 13.5. The van der Waals surface area contributed by atoms with Gasteiger partial charge in [-0.05, 0) is 49.2 Å². The van der Waals surface area contributed by atoms with Crippen LogP contribution in [0.25, 0.3) is 0 Å². The van der Waals surface area contributed by atoms with E-state index < -0.39 is 10.0 Å². The predicted molar refractivity (Wildman–Crippen MR) is 93.5 cm³/mol. The lowest BCUT2D eigenvalue weighted by atomic mass is 9.99. The van der Waals surface area contributed by atoms with Gasteiger partial charge in [0.15, 0.2) is 0 Å². The maximum atomic E-state index is 12.7. The van der Waals surface area contributed by atoms with Crippen LogP contribution in [-0.4, -0.2) is 31.7 Å². The van der Waals surface area contributed by atoms with E-state index in [-0.39, 0.29) is 23.3 Å². The highest BCUT2D eigenvalue weighted by molar-refractivity contribution is 7.89. The van der Waals surface area contributed by atoms with Crippen LogP contribution < -0.4 is 5.32 Å². The molecule has 1 aromatic carbocycles. The van der Waals surface area contributed by atoms with Gasteiger partial charge in [-0.15, -0.1) is 0 Å². The quantitative estimate of drug-likeness (QED) is 0.862. The summed E-state index contributed by atoms with van der Waals surface area (Å²) >= 11 is 5.82. The summed E-state index contributed by atoms with van der Waals surface area (Å²) in [4.78, 5) is 12.5. The third kappa shape index (κ3) is 4.23. The number of hydrogen-bond acceptors (Lipinski definition) is 4. The van der Waals surface area contributed by atoms with Crippen molar-refractivity contribution < 1.29 is 17.6 Å². The van der Waals surface area contributed by atoms with Gasteiger partial charge >= 0.3 is 0 Å². The smallest absolute Gasteiger partial charge is 0.243 e. The number of nitrogens with zero attached hydrogens (tertiary/aromatic N) is 1. The molecule has 1 aromatic heterocycles. The van der Waals surface area contributed by atoms with Crippen LogP contribution in [0.1, 0.15) is 18.6 Å². The van der Waals surface area contributed by atoms with Crippen LogP contribution in [0.15, 0.2) is 52.0 Å². The van der Waals surface area contributed by atoms with Crippen LogP contribution in [0.4, 0.5) is 0 Å². The number of benzene rings is 1. The highest BCUT2D eigenvalue weighted by Crippen LogP contribution is 2.25. The lowest BCUT2D eigenvalue weighted by Crippen LogP contribution is -2.45. The molecule has 1 aliphatic heterocycles. The van der Waals surface area contributed by atoms with Gasteiger partial charge in [-0.3, -0.25) is 4.79 Å². The van der Waals surface area contributed by atoms with Crippen molar-refractivity contribution in [2.45, 2.75) is 24.3 Å². The second-order valence-corrected chi connectivity index (χ2v) is 8.33. The molecule has 2 heterocycles. The first-order valence-corrected chi connectivity index (χ1v) is 9.84. The number of carbonyl (C=O) groups is 1. The van der Waals surface area contributed by atoms with Crippen molar-refractivity contribution in [1.29, 1.82) is 0 Å². The highest BCUT2D eigenvalue weighted by atomic mass is 35.5. The molecule has 2 aromatic rings. The van der Waals surface area contributed by atoms with Gasteiger partial charge in [0.25, 0.3) is 0 Å². The van der Waals surface area contributed by atoms with Gasteiger partial charge in [0.05, 0.1) is 23.6 Å². The highest BCUT2D eigenvalue weighted by Gasteiger charge is 2.33. The topological polar surface area (TPSA) is 79.6 Å². The summed E-state index contributed by atoms with van der Waals surface area (Å²) in [5.41, 5.74) is 0. The van der Waals surface area contributed by atoms with Crippen LogP contribution in [0, 0.1) is 5.92 Å². The Bertz CT molecular complexity index is 819. The molecular formula is C17H19ClN2O4S. The summed E-state index contributed by atoms with van der Waals surface area (Å²) in [6.45, 7) is 0.883. The SMILES string of the molecule is O=C(NCc1ccco1)[C@@H]1CCCN(S(=O)(=O)c2ccc(Cl)cc2)C1. The predicted octanol–water partition coefficient (Wildman–Crippen LogP) is 2.65. The van der Waals surface area contributed by atoms with Gasteiger partial charge in [0.1, 0.15) is 5.76 Å². The summed E-state index contributed by atoms with van der Waals surface area (Å²) in [5, 5.41) is 3.28. The Kier molecular flexibility index (Phi) is 5.46. The summed E-state index contributed by atoms with van der Waals surface area (Å²) in [7, 11) is -3.63. The molecule has 1 amide bonds. The minimum atomic E-state index is -3.63. The van der Waals surface area contributed by atoms with Gasteiger partial charge in [-0.25, -0.2) is 8.42 Å². The molecule has 6 nitrogen and oxygen atoms in total. The summed E-state index contributed by atoms with van der Waals surface area (Å²) < 4.78 is 32.0. The van der Waals surface area contributed by atoms with Crippen molar-refractivity contribution in [1.82, 2.24) is 9.62 Å². The Balaban J connectivity index is 1.65. The third-order valence-corrected chi connectivity index (χ3v) is 6.35. The molecule has 1 aliphatic rings. The van der Waals surface area contributed by atoms with E-state index in [1.54, 1.807) is 30.5 Å². The molecule has 0 saturated carbocycles. The number of nitrogens with one attached hydrogen (secondary N) is 1. The van der Waals surface area contributed by atoms with Crippen LogP contribution >= 0.6 is 11.6 Å². The molecule has 8 heteroatoms. The first kappa shape index (κ1) is 18.0. The Labute approximate surface area is 151 Å². The lowest BCUT2D eigenvalue weighted by Gasteiger charge is -2.31. The van der Waals surface area contributed by atoms with E-state index in [0.29, 0.717) is 36.7 Å². The number of piperidine rings is 1. The van der Waals surface area contributed by atoms with Crippen LogP contribution in [-0.2, 0) is 21.4 Å². The molecule has 0 spiro atoms. The monoisotopic (exact) mass is 382 g/mol. The van der Waals surface area contributed by atoms with E-state index in [2.05, 4.69) is 5.32 Å². The molecule has 1 atom stereocenters. The first-order chi connectivity index (χ1) is 12.0. The second kappa shape index (κ2) is 7.59. The van der Waals surface area contributed by atoms with Crippen LogP contribution in [0.3, 0.4) is 0 Å². The summed E-state index contributed by atoms with van der Waals surface area (Å²) in [6.07, 6.45) is 2.85. The van der Waals surface area contributed by atoms with Crippen molar-refractivity contribution >= 4 is 27.5 Å². The van der Waals surface area contributed by atoms with Crippen molar-refractivity contribution in [2.24, 2.45) is 5.92 Å². The molecule has 1 saturated heterocycles. The Morgan fingerprint density at radius 3 is 2.72 bits per heavy atom. The zero-order chi connectivity index (χ0) is 17.9. The Morgan fingerprint density at radius 1 is 1.28 bits per heavy atom. The van der Waals surface area contributed by atoms with Crippen molar-refractivity contribution in [3.05, 3.63) is 53.4 Å².